The van der Waals surface area contributed by atoms with Crippen molar-refractivity contribution in [1.29, 1.82) is 0 Å². The number of anilines is 1. The number of pyridine rings is 2. The number of morpholine rings is 1. The maximum atomic E-state index is 11.1. The molecule has 1 saturated heterocycles. The minimum absolute atomic E-state index is 0.0115. The molecule has 0 aromatic carbocycles. The van der Waals surface area contributed by atoms with Gasteiger partial charge in [-0.2, -0.15) is 0 Å². The van der Waals surface area contributed by atoms with E-state index in [9.17, 15) is 4.79 Å². The molecule has 1 atom stereocenters. The largest absolute Gasteiger partial charge is 0.373 e. The first-order chi connectivity index (χ1) is 11.2. The van der Waals surface area contributed by atoms with E-state index in [1.54, 1.807) is 12.4 Å². The van der Waals surface area contributed by atoms with Gasteiger partial charge < -0.3 is 15.0 Å². The van der Waals surface area contributed by atoms with Gasteiger partial charge in [-0.25, -0.2) is 0 Å². The van der Waals surface area contributed by atoms with E-state index in [1.165, 1.54) is 6.92 Å². The van der Waals surface area contributed by atoms with Crippen molar-refractivity contribution in [2.45, 2.75) is 13.0 Å². The molecule has 1 aliphatic heterocycles. The second-order valence-corrected chi connectivity index (χ2v) is 5.51. The molecule has 3 heterocycles. The number of ether oxygens (including phenoxy) is 1. The van der Waals surface area contributed by atoms with Crippen molar-refractivity contribution in [3.8, 4) is 11.1 Å². The van der Waals surface area contributed by atoms with Gasteiger partial charge >= 0.3 is 0 Å². The molecule has 2 aromatic rings. The summed E-state index contributed by atoms with van der Waals surface area (Å²) in [6.07, 6.45) is 7.26. The van der Waals surface area contributed by atoms with Gasteiger partial charge in [-0.05, 0) is 12.1 Å². The summed E-state index contributed by atoms with van der Waals surface area (Å²) in [5.74, 6) is -0.0364. The number of aromatic nitrogens is 2. The summed E-state index contributed by atoms with van der Waals surface area (Å²) in [5, 5.41) is 2.82. The van der Waals surface area contributed by atoms with Crippen LogP contribution in [0.4, 0.5) is 5.69 Å². The van der Waals surface area contributed by atoms with Crippen molar-refractivity contribution >= 4 is 11.6 Å². The standard InChI is InChI=1S/C17H20N4O2/c1-13(22)20-10-15-12-21(7-8-23-15)17-4-6-19-11-16(17)14-3-2-5-18-9-14/h2-6,9,11,15H,7-8,10,12H2,1H3,(H,20,22). The number of nitrogens with zero attached hydrogens (tertiary/aromatic N) is 3. The molecule has 6 heteroatoms. The summed E-state index contributed by atoms with van der Waals surface area (Å²) in [6.45, 7) is 4.23. The van der Waals surface area contributed by atoms with E-state index in [0.717, 1.165) is 29.9 Å². The zero-order valence-corrected chi connectivity index (χ0v) is 13.1. The third-order valence-electron chi connectivity index (χ3n) is 3.83. The summed E-state index contributed by atoms with van der Waals surface area (Å²) in [7, 11) is 0. The first-order valence-electron chi connectivity index (χ1n) is 7.69. The molecule has 0 radical (unpaired) electrons. The predicted octanol–water partition coefficient (Wildman–Crippen LogP) is 1.48. The van der Waals surface area contributed by atoms with E-state index in [1.807, 2.05) is 30.6 Å². The van der Waals surface area contributed by atoms with Crippen LogP contribution in [0.2, 0.25) is 0 Å². The van der Waals surface area contributed by atoms with Gasteiger partial charge in [0, 0.05) is 68.2 Å². The lowest BCUT2D eigenvalue weighted by Gasteiger charge is -2.35. The van der Waals surface area contributed by atoms with Crippen LogP contribution in [-0.4, -0.2) is 48.2 Å². The molecule has 0 spiro atoms. The summed E-state index contributed by atoms with van der Waals surface area (Å²) >= 11 is 0. The Labute approximate surface area is 135 Å². The first kappa shape index (κ1) is 15.4. The van der Waals surface area contributed by atoms with Crippen LogP contribution in [0, 0.1) is 0 Å². The van der Waals surface area contributed by atoms with Crippen molar-refractivity contribution in [3.63, 3.8) is 0 Å². The molecule has 1 N–H and O–H groups in total. The normalized spacial score (nSPS) is 17.8. The Morgan fingerprint density at radius 1 is 1.35 bits per heavy atom. The van der Waals surface area contributed by atoms with E-state index in [-0.39, 0.29) is 12.0 Å². The predicted molar refractivity (Wildman–Crippen MR) is 88.1 cm³/mol. The molecule has 1 fully saturated rings. The van der Waals surface area contributed by atoms with Crippen LogP contribution in [0.3, 0.4) is 0 Å². The maximum absolute atomic E-state index is 11.1. The molecular weight excluding hydrogens is 292 g/mol. The van der Waals surface area contributed by atoms with E-state index in [4.69, 9.17) is 4.74 Å². The summed E-state index contributed by atoms with van der Waals surface area (Å²) < 4.78 is 5.74. The van der Waals surface area contributed by atoms with Crippen LogP contribution >= 0.6 is 0 Å². The fourth-order valence-electron chi connectivity index (χ4n) is 2.73. The lowest BCUT2D eigenvalue weighted by molar-refractivity contribution is -0.119. The molecular formula is C17H20N4O2. The van der Waals surface area contributed by atoms with E-state index < -0.39 is 0 Å². The molecule has 6 nitrogen and oxygen atoms in total. The van der Waals surface area contributed by atoms with Crippen molar-refractivity contribution < 1.29 is 9.53 Å². The third-order valence-corrected chi connectivity index (χ3v) is 3.83. The molecule has 23 heavy (non-hydrogen) atoms. The number of carbonyl (C=O) groups is 1. The van der Waals surface area contributed by atoms with Crippen molar-refractivity contribution in [2.24, 2.45) is 0 Å². The zero-order chi connectivity index (χ0) is 16.1. The van der Waals surface area contributed by atoms with Gasteiger partial charge in [0.1, 0.15) is 0 Å². The highest BCUT2D eigenvalue weighted by molar-refractivity contribution is 5.77. The van der Waals surface area contributed by atoms with Crippen LogP contribution in [0.15, 0.2) is 43.0 Å². The topological polar surface area (TPSA) is 67.4 Å². The zero-order valence-electron chi connectivity index (χ0n) is 13.1. The molecule has 1 aliphatic rings. The minimum atomic E-state index is -0.0364. The molecule has 0 aliphatic carbocycles. The smallest absolute Gasteiger partial charge is 0.216 e. The van der Waals surface area contributed by atoms with Gasteiger partial charge in [0.05, 0.1) is 12.7 Å². The third kappa shape index (κ3) is 3.84. The number of rotatable bonds is 4. The monoisotopic (exact) mass is 312 g/mol. The Kier molecular flexibility index (Phi) is 4.83. The van der Waals surface area contributed by atoms with Crippen LogP contribution in [0.1, 0.15) is 6.92 Å². The van der Waals surface area contributed by atoms with Crippen LogP contribution < -0.4 is 10.2 Å². The van der Waals surface area contributed by atoms with Gasteiger partial charge in [-0.3, -0.25) is 14.8 Å². The second-order valence-electron chi connectivity index (χ2n) is 5.51. The summed E-state index contributed by atoms with van der Waals surface area (Å²) in [5.41, 5.74) is 3.21. The minimum Gasteiger partial charge on any atom is -0.373 e. The number of carbonyl (C=O) groups excluding carboxylic acids is 1. The van der Waals surface area contributed by atoms with Gasteiger partial charge in [0.15, 0.2) is 0 Å². The number of nitrogens with one attached hydrogen (secondary N) is 1. The quantitative estimate of drug-likeness (QED) is 0.926. The van der Waals surface area contributed by atoms with E-state index in [2.05, 4.69) is 20.2 Å². The average molecular weight is 312 g/mol. The highest BCUT2D eigenvalue weighted by atomic mass is 16.5. The number of amides is 1. The molecule has 1 amide bonds. The summed E-state index contributed by atoms with van der Waals surface area (Å²) in [4.78, 5) is 21.8. The number of hydrogen-bond acceptors (Lipinski definition) is 5. The maximum Gasteiger partial charge on any atom is 0.216 e. The highest BCUT2D eigenvalue weighted by Gasteiger charge is 2.22. The Hall–Kier alpha value is -2.47. The fraction of sp³-hybridized carbons (Fsp3) is 0.353. The molecule has 0 bridgehead atoms. The van der Waals surface area contributed by atoms with Crippen molar-refractivity contribution in [1.82, 2.24) is 15.3 Å². The van der Waals surface area contributed by atoms with E-state index >= 15 is 0 Å². The molecule has 3 rings (SSSR count). The molecule has 0 saturated carbocycles. The lowest BCUT2D eigenvalue weighted by atomic mass is 10.1. The highest BCUT2D eigenvalue weighted by Crippen LogP contribution is 2.30. The van der Waals surface area contributed by atoms with Crippen molar-refractivity contribution in [2.75, 3.05) is 31.1 Å². The van der Waals surface area contributed by atoms with E-state index in [0.29, 0.717) is 13.2 Å². The Bertz CT molecular complexity index is 663. The van der Waals surface area contributed by atoms with Crippen LogP contribution in [-0.2, 0) is 9.53 Å². The number of hydrogen-bond donors (Lipinski definition) is 1. The van der Waals surface area contributed by atoms with Gasteiger partial charge in [0.25, 0.3) is 0 Å². The SMILES string of the molecule is CC(=O)NCC1CN(c2ccncc2-c2cccnc2)CCO1. The Morgan fingerprint density at radius 2 is 2.22 bits per heavy atom. The Balaban J connectivity index is 1.80. The molecule has 120 valence electrons. The lowest BCUT2D eigenvalue weighted by Crippen LogP contribution is -2.47. The molecule has 1 unspecified atom stereocenters. The van der Waals surface area contributed by atoms with Crippen LogP contribution in [0.25, 0.3) is 11.1 Å². The van der Waals surface area contributed by atoms with Gasteiger partial charge in [-0.15, -0.1) is 0 Å². The van der Waals surface area contributed by atoms with Gasteiger partial charge in [0.2, 0.25) is 5.91 Å². The molecule has 2 aromatic heterocycles. The summed E-state index contributed by atoms with van der Waals surface area (Å²) in [6, 6.07) is 5.97. The first-order valence-corrected chi connectivity index (χ1v) is 7.69. The van der Waals surface area contributed by atoms with Crippen LogP contribution in [0.5, 0.6) is 0 Å². The second kappa shape index (κ2) is 7.19. The average Bonchev–Trinajstić information content (AvgIpc) is 2.61. The van der Waals surface area contributed by atoms with Gasteiger partial charge in [-0.1, -0.05) is 6.07 Å². The Morgan fingerprint density at radius 3 is 3.00 bits per heavy atom. The fourth-order valence-corrected chi connectivity index (χ4v) is 2.73. The van der Waals surface area contributed by atoms with Crippen molar-refractivity contribution in [3.05, 3.63) is 43.0 Å².